The predicted octanol–water partition coefficient (Wildman–Crippen LogP) is 16.3. The van der Waals surface area contributed by atoms with Gasteiger partial charge in [-0.1, -0.05) is 0 Å². The molecule has 0 amide bonds. The molecule has 2 aliphatic heterocycles. The minimum atomic E-state index is -2.40. The SMILES string of the molecule is [CH3][Ge]1([CH3])[c]2ccccc2-c2cc(N(c3ccccc3)c3ccc4cc5c(cc4c3)oc3ccc4oc6cc7cc(N(c8ccccc8)c8cc[c]9c(c8)-c8cccc[c]8[Ge]9([CH3])[CH3])ccc7cc6c4c35)cc[c]21. The van der Waals surface area contributed by atoms with Crippen molar-refractivity contribution >= 4 is 144 Å². The number of hydrogen-bond acceptors (Lipinski definition) is 4. The number of rotatable bonds is 6. The van der Waals surface area contributed by atoms with Gasteiger partial charge >= 0.3 is 414 Å². The Bertz CT molecular complexity index is 4130. The van der Waals surface area contributed by atoms with Crippen molar-refractivity contribution in [3.63, 3.8) is 0 Å². The topological polar surface area (TPSA) is 32.8 Å². The van der Waals surface area contributed by atoms with Gasteiger partial charge in [0.25, 0.3) is 0 Å². The summed E-state index contributed by atoms with van der Waals surface area (Å²) in [6.07, 6.45) is 0. The number of para-hydroxylation sites is 2. The van der Waals surface area contributed by atoms with E-state index in [-0.39, 0.29) is 0 Å². The van der Waals surface area contributed by atoms with Gasteiger partial charge in [0.15, 0.2) is 0 Å². The summed E-state index contributed by atoms with van der Waals surface area (Å²) in [6, 6.07) is 80.8. The molecule has 0 fully saturated rings. The molecular weight excluding hydrogens is 998 g/mol. The average Bonchev–Trinajstić information content (AvgIpc) is 4.09. The summed E-state index contributed by atoms with van der Waals surface area (Å²) in [5, 5.41) is 8.90. The third-order valence-corrected chi connectivity index (χ3v) is 31.1. The minimum absolute atomic E-state index is 0.852. The van der Waals surface area contributed by atoms with E-state index in [2.05, 4.69) is 251 Å². The van der Waals surface area contributed by atoms with E-state index in [0.717, 1.165) is 99.5 Å². The molecule has 0 saturated carbocycles. The molecule has 0 atom stereocenters. The molecule has 15 rings (SSSR count). The van der Waals surface area contributed by atoms with Gasteiger partial charge in [-0.05, 0) is 12.1 Å². The zero-order chi connectivity index (χ0) is 48.0. The number of furan rings is 2. The van der Waals surface area contributed by atoms with Gasteiger partial charge in [0.1, 0.15) is 0 Å². The first-order valence-electron chi connectivity index (χ1n) is 25.1. The number of benzene rings is 11. The Morgan fingerprint density at radius 2 is 0.653 bits per heavy atom. The van der Waals surface area contributed by atoms with Crippen molar-refractivity contribution in [3.8, 4) is 22.3 Å². The van der Waals surface area contributed by atoms with Crippen molar-refractivity contribution in [2.75, 3.05) is 9.80 Å². The summed E-state index contributed by atoms with van der Waals surface area (Å²) < 4.78 is 19.8. The standard InChI is InChI=1S/C66H48Ge2N2O2/c1-67(2)57-21-13-11-19-51(57)53-39-49(27-29-59(53)67)69(45-15-7-5-8-16-45)47-25-23-41-35-55-63(37-43(41)33-47)71-61-31-32-62-66(65(55)61)56-36-42-24-26-48(34-44(42)38-64(56)72-62)70(46-17-9-6-10-18-46)50-28-30-60-54(40-50)52-20-12-14-22-58(52)68(60,3)4/h5-40H,1-4H3. The fraction of sp³-hybridized carbons (Fsp3) is 0.0606. The first-order valence-corrected chi connectivity index (χ1v) is 37.6. The average molecular weight is 1050 g/mol. The van der Waals surface area contributed by atoms with Crippen LogP contribution in [0.1, 0.15) is 0 Å². The normalized spacial score (nSPS) is 14.1. The first kappa shape index (κ1) is 42.0. The van der Waals surface area contributed by atoms with E-state index < -0.39 is 26.5 Å². The molecule has 4 heterocycles. The molecule has 0 N–H and O–H groups in total. The molecule has 13 aromatic rings. The summed E-state index contributed by atoms with van der Waals surface area (Å²) >= 11 is -4.80. The van der Waals surface area contributed by atoms with Crippen LogP contribution in [0.2, 0.25) is 23.0 Å². The molecule has 0 bridgehead atoms. The Morgan fingerprint density at radius 1 is 0.278 bits per heavy atom. The van der Waals surface area contributed by atoms with Crippen LogP contribution in [0.4, 0.5) is 34.1 Å². The van der Waals surface area contributed by atoms with E-state index in [1.807, 2.05) is 0 Å². The van der Waals surface area contributed by atoms with Crippen molar-refractivity contribution in [2.45, 2.75) is 23.0 Å². The van der Waals surface area contributed by atoms with Crippen LogP contribution < -0.4 is 27.4 Å². The van der Waals surface area contributed by atoms with Gasteiger partial charge < -0.3 is 0 Å². The molecule has 72 heavy (non-hydrogen) atoms. The monoisotopic (exact) mass is 1050 g/mol. The van der Waals surface area contributed by atoms with Gasteiger partial charge in [0, 0.05) is 0 Å². The Labute approximate surface area is 423 Å². The third kappa shape index (κ3) is 6.12. The van der Waals surface area contributed by atoms with E-state index in [1.165, 1.54) is 22.3 Å². The van der Waals surface area contributed by atoms with Crippen molar-refractivity contribution in [2.24, 2.45) is 0 Å². The second-order valence-corrected chi connectivity index (χ2v) is 39.1. The van der Waals surface area contributed by atoms with E-state index >= 15 is 0 Å². The number of anilines is 6. The molecule has 0 aliphatic carbocycles. The molecule has 4 nitrogen and oxygen atoms in total. The Hall–Kier alpha value is -7.77. The molecular formula is C66H48Ge2N2O2. The van der Waals surface area contributed by atoms with Crippen LogP contribution in [0.25, 0.3) is 87.7 Å². The predicted molar refractivity (Wildman–Crippen MR) is 310 cm³/mol. The van der Waals surface area contributed by atoms with Gasteiger partial charge in [-0.3, -0.25) is 0 Å². The van der Waals surface area contributed by atoms with Crippen molar-refractivity contribution < 1.29 is 8.83 Å². The molecule has 0 unspecified atom stereocenters. The number of nitrogens with zero attached hydrogens (tertiary/aromatic N) is 2. The van der Waals surface area contributed by atoms with Gasteiger partial charge in [0.2, 0.25) is 0 Å². The van der Waals surface area contributed by atoms with Crippen molar-refractivity contribution in [3.05, 3.63) is 218 Å². The van der Waals surface area contributed by atoms with Gasteiger partial charge in [0.05, 0.1) is 0 Å². The zero-order valence-corrected chi connectivity index (χ0v) is 44.7. The van der Waals surface area contributed by atoms with Crippen LogP contribution in [-0.4, -0.2) is 26.5 Å². The van der Waals surface area contributed by atoms with Crippen LogP contribution in [0.15, 0.2) is 227 Å². The van der Waals surface area contributed by atoms with Crippen LogP contribution in [0.5, 0.6) is 0 Å². The molecule has 0 saturated heterocycles. The molecule has 2 aromatic heterocycles. The second kappa shape index (κ2) is 15.4. The van der Waals surface area contributed by atoms with Gasteiger partial charge in [-0.2, -0.15) is 0 Å². The molecule has 6 heteroatoms. The van der Waals surface area contributed by atoms with Crippen LogP contribution in [0.3, 0.4) is 0 Å². The summed E-state index contributed by atoms with van der Waals surface area (Å²) in [4.78, 5) is 4.79. The summed E-state index contributed by atoms with van der Waals surface area (Å²) in [5.41, 5.74) is 15.7. The first-order chi connectivity index (χ1) is 35.2. The van der Waals surface area contributed by atoms with E-state index in [4.69, 9.17) is 8.83 Å². The number of hydrogen-bond donors (Lipinski definition) is 0. The molecule has 11 aromatic carbocycles. The van der Waals surface area contributed by atoms with Crippen molar-refractivity contribution in [1.29, 1.82) is 0 Å². The fourth-order valence-electron chi connectivity index (χ4n) is 12.6. The summed E-state index contributed by atoms with van der Waals surface area (Å²) in [5.74, 6) is 10.1. The molecule has 0 spiro atoms. The van der Waals surface area contributed by atoms with Crippen LogP contribution in [-0.2, 0) is 0 Å². The Balaban J connectivity index is 0.836. The van der Waals surface area contributed by atoms with Crippen LogP contribution in [0, 0.1) is 0 Å². The quantitative estimate of drug-likeness (QED) is 0.155. The van der Waals surface area contributed by atoms with E-state index in [1.54, 1.807) is 17.6 Å². The maximum atomic E-state index is 6.78. The van der Waals surface area contributed by atoms with E-state index in [0.29, 0.717) is 0 Å². The third-order valence-electron chi connectivity index (χ3n) is 16.1. The summed E-state index contributed by atoms with van der Waals surface area (Å²) in [6.45, 7) is 0. The van der Waals surface area contributed by atoms with E-state index in [9.17, 15) is 0 Å². The Morgan fingerprint density at radius 3 is 1.10 bits per heavy atom. The zero-order valence-electron chi connectivity index (χ0n) is 40.5. The van der Waals surface area contributed by atoms with Gasteiger partial charge in [-0.15, -0.1) is 0 Å². The molecule has 2 aliphatic rings. The Kier molecular flexibility index (Phi) is 8.95. The molecule has 0 radical (unpaired) electrons. The van der Waals surface area contributed by atoms with Gasteiger partial charge in [-0.25, -0.2) is 0 Å². The number of fused-ring (bicyclic) bond motifs is 15. The fourth-order valence-corrected chi connectivity index (χ4v) is 25.5. The van der Waals surface area contributed by atoms with Crippen molar-refractivity contribution in [1.82, 2.24) is 0 Å². The second-order valence-electron chi connectivity index (χ2n) is 20.9. The molecule has 342 valence electrons. The summed E-state index contributed by atoms with van der Waals surface area (Å²) in [7, 11) is 0. The van der Waals surface area contributed by atoms with Crippen LogP contribution >= 0.6 is 0 Å². The maximum absolute atomic E-state index is 6.78.